The number of esters is 1. The van der Waals surface area contributed by atoms with Crippen LogP contribution in [0.5, 0.6) is 5.75 Å². The predicted molar refractivity (Wildman–Crippen MR) is 81.3 cm³/mol. The van der Waals surface area contributed by atoms with Crippen molar-refractivity contribution in [2.75, 3.05) is 0 Å². The number of nitrogens with zero attached hydrogens (tertiary/aromatic N) is 4. The number of aromatic nitrogens is 4. The predicted octanol–water partition coefficient (Wildman–Crippen LogP) is 2.62. The molecular formula is C16H12F2N4O3. The van der Waals surface area contributed by atoms with E-state index in [2.05, 4.69) is 20.3 Å². The number of hydrogen-bond acceptors (Lipinski definition) is 6. The summed E-state index contributed by atoms with van der Waals surface area (Å²) in [7, 11) is 0. The molecule has 0 N–H and O–H groups in total. The molecular weight excluding hydrogens is 334 g/mol. The second kappa shape index (κ2) is 7.47. The Balaban J connectivity index is 1.69. The summed E-state index contributed by atoms with van der Waals surface area (Å²) in [6.07, 6.45) is 0. The van der Waals surface area contributed by atoms with E-state index in [0.717, 1.165) is 0 Å². The number of tetrazole rings is 1. The Morgan fingerprint density at radius 1 is 1.12 bits per heavy atom. The zero-order chi connectivity index (χ0) is 17.6. The molecule has 0 unspecified atom stereocenters. The highest BCUT2D eigenvalue weighted by Gasteiger charge is 2.14. The van der Waals surface area contributed by atoms with Crippen molar-refractivity contribution >= 4 is 5.97 Å². The first-order chi connectivity index (χ1) is 12.1. The minimum absolute atomic E-state index is 0.0804. The summed E-state index contributed by atoms with van der Waals surface area (Å²) in [5.41, 5.74) is 0.794. The molecule has 0 bridgehead atoms. The summed E-state index contributed by atoms with van der Waals surface area (Å²) in [6, 6.07) is 14.4. The fourth-order valence-electron chi connectivity index (χ4n) is 2.08. The van der Waals surface area contributed by atoms with Gasteiger partial charge in [-0.25, -0.2) is 4.79 Å². The van der Waals surface area contributed by atoms with Gasteiger partial charge >= 0.3 is 12.6 Å². The number of para-hydroxylation sites is 1. The van der Waals surface area contributed by atoms with Gasteiger partial charge in [-0.15, -0.1) is 5.10 Å². The number of benzene rings is 2. The Morgan fingerprint density at radius 3 is 2.68 bits per heavy atom. The standard InChI is InChI=1S/C16H12F2N4O3/c17-16(18)25-13-8-4-5-11(9-13)15(23)24-10-14-19-20-21-22(14)12-6-2-1-3-7-12/h1-9,16H,10H2. The van der Waals surface area contributed by atoms with Crippen LogP contribution in [0.3, 0.4) is 0 Å². The van der Waals surface area contributed by atoms with Crippen LogP contribution in [0.15, 0.2) is 54.6 Å². The molecule has 0 fully saturated rings. The van der Waals surface area contributed by atoms with Crippen LogP contribution >= 0.6 is 0 Å². The van der Waals surface area contributed by atoms with E-state index in [-0.39, 0.29) is 17.9 Å². The average Bonchev–Trinajstić information content (AvgIpc) is 3.08. The highest BCUT2D eigenvalue weighted by Crippen LogP contribution is 2.17. The van der Waals surface area contributed by atoms with Crippen LogP contribution in [0.2, 0.25) is 0 Å². The summed E-state index contributed by atoms with van der Waals surface area (Å²) in [4.78, 5) is 12.1. The van der Waals surface area contributed by atoms with E-state index in [1.165, 1.54) is 28.9 Å². The molecule has 0 aliphatic heterocycles. The quantitative estimate of drug-likeness (QED) is 0.639. The molecule has 2 aromatic carbocycles. The van der Waals surface area contributed by atoms with E-state index in [1.807, 2.05) is 18.2 Å². The van der Waals surface area contributed by atoms with Crippen LogP contribution in [0.4, 0.5) is 8.78 Å². The molecule has 7 nitrogen and oxygen atoms in total. The molecule has 0 aliphatic carbocycles. The molecule has 0 saturated heterocycles. The first-order valence-electron chi connectivity index (χ1n) is 7.18. The summed E-state index contributed by atoms with van der Waals surface area (Å²) in [5.74, 6) is -0.513. The van der Waals surface area contributed by atoms with Crippen LogP contribution < -0.4 is 4.74 Å². The maximum atomic E-state index is 12.2. The van der Waals surface area contributed by atoms with Crippen molar-refractivity contribution < 1.29 is 23.0 Å². The SMILES string of the molecule is O=C(OCc1nnnn1-c1ccccc1)c1cccc(OC(F)F)c1. The van der Waals surface area contributed by atoms with E-state index in [9.17, 15) is 13.6 Å². The van der Waals surface area contributed by atoms with E-state index in [0.29, 0.717) is 11.5 Å². The Hall–Kier alpha value is -3.36. The van der Waals surface area contributed by atoms with Gasteiger partial charge in [0.15, 0.2) is 12.4 Å². The molecule has 3 rings (SSSR count). The van der Waals surface area contributed by atoms with Gasteiger partial charge < -0.3 is 9.47 Å². The minimum Gasteiger partial charge on any atom is -0.454 e. The fraction of sp³-hybridized carbons (Fsp3) is 0.125. The average molecular weight is 346 g/mol. The number of ether oxygens (including phenoxy) is 2. The van der Waals surface area contributed by atoms with Crippen molar-refractivity contribution in [2.45, 2.75) is 13.2 Å². The van der Waals surface area contributed by atoms with Gasteiger partial charge in [-0.05, 0) is 40.8 Å². The van der Waals surface area contributed by atoms with Crippen molar-refractivity contribution in [1.82, 2.24) is 20.2 Å². The number of halogens is 2. The minimum atomic E-state index is -2.97. The zero-order valence-electron chi connectivity index (χ0n) is 12.8. The number of hydrogen-bond donors (Lipinski definition) is 0. The summed E-state index contributed by atoms with van der Waals surface area (Å²) in [6.45, 7) is -3.15. The van der Waals surface area contributed by atoms with Crippen LogP contribution in [0.1, 0.15) is 16.2 Å². The molecule has 0 radical (unpaired) electrons. The van der Waals surface area contributed by atoms with Gasteiger partial charge in [0.05, 0.1) is 11.3 Å². The van der Waals surface area contributed by atoms with Crippen molar-refractivity contribution in [3.8, 4) is 11.4 Å². The number of rotatable bonds is 6. The van der Waals surface area contributed by atoms with Gasteiger partial charge in [-0.2, -0.15) is 13.5 Å². The molecule has 0 spiro atoms. The van der Waals surface area contributed by atoms with Crippen LogP contribution in [-0.4, -0.2) is 32.8 Å². The molecule has 0 amide bonds. The highest BCUT2D eigenvalue weighted by atomic mass is 19.3. The molecule has 1 heterocycles. The van der Waals surface area contributed by atoms with Gasteiger partial charge in [0.2, 0.25) is 0 Å². The maximum Gasteiger partial charge on any atom is 0.387 e. The van der Waals surface area contributed by atoms with E-state index < -0.39 is 12.6 Å². The van der Waals surface area contributed by atoms with E-state index in [4.69, 9.17) is 4.74 Å². The zero-order valence-corrected chi connectivity index (χ0v) is 12.8. The Kier molecular flexibility index (Phi) is 4.93. The lowest BCUT2D eigenvalue weighted by molar-refractivity contribution is -0.0499. The number of carbonyl (C=O) groups is 1. The second-order valence-electron chi connectivity index (χ2n) is 4.82. The third-order valence-corrected chi connectivity index (χ3v) is 3.16. The molecule has 25 heavy (non-hydrogen) atoms. The van der Waals surface area contributed by atoms with Crippen molar-refractivity contribution in [3.05, 3.63) is 66.0 Å². The normalized spacial score (nSPS) is 10.7. The van der Waals surface area contributed by atoms with Crippen molar-refractivity contribution in [2.24, 2.45) is 0 Å². The summed E-state index contributed by atoms with van der Waals surface area (Å²) >= 11 is 0. The highest BCUT2D eigenvalue weighted by molar-refractivity contribution is 5.89. The molecule has 0 atom stereocenters. The molecule has 0 aliphatic rings. The third-order valence-electron chi connectivity index (χ3n) is 3.16. The number of carbonyl (C=O) groups excluding carboxylic acids is 1. The Morgan fingerprint density at radius 2 is 1.92 bits per heavy atom. The third kappa shape index (κ3) is 4.14. The van der Waals surface area contributed by atoms with Gasteiger partial charge in [0, 0.05) is 0 Å². The smallest absolute Gasteiger partial charge is 0.387 e. The first-order valence-corrected chi connectivity index (χ1v) is 7.18. The van der Waals surface area contributed by atoms with Gasteiger partial charge in [-0.1, -0.05) is 24.3 Å². The lowest BCUT2D eigenvalue weighted by Crippen LogP contribution is -2.10. The second-order valence-corrected chi connectivity index (χ2v) is 4.82. The molecule has 9 heteroatoms. The Bertz CT molecular complexity index is 855. The lowest BCUT2D eigenvalue weighted by atomic mass is 10.2. The fourth-order valence-corrected chi connectivity index (χ4v) is 2.08. The molecule has 3 aromatic rings. The van der Waals surface area contributed by atoms with Crippen LogP contribution in [0, 0.1) is 0 Å². The van der Waals surface area contributed by atoms with Crippen LogP contribution in [-0.2, 0) is 11.3 Å². The van der Waals surface area contributed by atoms with E-state index in [1.54, 1.807) is 12.1 Å². The monoisotopic (exact) mass is 346 g/mol. The first kappa shape index (κ1) is 16.5. The molecule has 1 aromatic heterocycles. The van der Waals surface area contributed by atoms with E-state index >= 15 is 0 Å². The van der Waals surface area contributed by atoms with Gasteiger partial charge in [0.25, 0.3) is 0 Å². The summed E-state index contributed by atoms with van der Waals surface area (Å²) < 4.78 is 35.3. The van der Waals surface area contributed by atoms with Crippen LogP contribution in [0.25, 0.3) is 5.69 Å². The largest absolute Gasteiger partial charge is 0.454 e. The van der Waals surface area contributed by atoms with Crippen molar-refractivity contribution in [1.29, 1.82) is 0 Å². The molecule has 0 saturated carbocycles. The van der Waals surface area contributed by atoms with Gasteiger partial charge in [-0.3, -0.25) is 0 Å². The lowest BCUT2D eigenvalue weighted by Gasteiger charge is -2.08. The molecule has 128 valence electrons. The van der Waals surface area contributed by atoms with Crippen molar-refractivity contribution in [3.63, 3.8) is 0 Å². The number of alkyl halides is 2. The maximum absolute atomic E-state index is 12.2. The van der Waals surface area contributed by atoms with Gasteiger partial charge in [0.1, 0.15) is 5.75 Å². The summed E-state index contributed by atoms with van der Waals surface area (Å²) in [5, 5.41) is 11.2. The topological polar surface area (TPSA) is 79.1 Å². The Labute approximate surface area is 140 Å².